The summed E-state index contributed by atoms with van der Waals surface area (Å²) in [5, 5.41) is 0. The van der Waals surface area contributed by atoms with Crippen LogP contribution in [0.1, 0.15) is 48.3 Å². The summed E-state index contributed by atoms with van der Waals surface area (Å²) in [6, 6.07) is 5.74. The zero-order chi connectivity index (χ0) is 22.1. The van der Waals surface area contributed by atoms with E-state index in [0.29, 0.717) is 5.92 Å². The van der Waals surface area contributed by atoms with Crippen molar-refractivity contribution in [2.45, 2.75) is 43.9 Å². The van der Waals surface area contributed by atoms with Crippen LogP contribution in [0, 0.1) is 17.6 Å². The van der Waals surface area contributed by atoms with Gasteiger partial charge in [-0.05, 0) is 55.2 Å². The predicted molar refractivity (Wildman–Crippen MR) is 97.4 cm³/mol. The first-order chi connectivity index (χ1) is 14.0. The van der Waals surface area contributed by atoms with Crippen LogP contribution in [-0.4, -0.2) is 6.36 Å². The molecular formula is C22H19F7O. The van der Waals surface area contributed by atoms with Crippen LogP contribution in [0.3, 0.4) is 0 Å². The minimum Gasteiger partial charge on any atom is -0.399 e. The van der Waals surface area contributed by atoms with Crippen molar-refractivity contribution in [3.63, 3.8) is 0 Å². The Balaban J connectivity index is 1.82. The van der Waals surface area contributed by atoms with Gasteiger partial charge in [0.25, 0.3) is 5.92 Å². The van der Waals surface area contributed by atoms with Crippen LogP contribution in [0.2, 0.25) is 0 Å². The van der Waals surface area contributed by atoms with Crippen molar-refractivity contribution in [1.82, 2.24) is 0 Å². The third-order valence-corrected chi connectivity index (χ3v) is 5.43. The van der Waals surface area contributed by atoms with Gasteiger partial charge in [-0.25, -0.2) is 8.78 Å². The minimum atomic E-state index is -5.35. The molecule has 3 rings (SSSR count). The number of hydrogen-bond acceptors (Lipinski definition) is 1. The first-order valence-corrected chi connectivity index (χ1v) is 9.37. The maximum atomic E-state index is 14.8. The Bertz CT molecular complexity index is 872. The Morgan fingerprint density at radius 2 is 1.37 bits per heavy atom. The highest BCUT2D eigenvalue weighted by Crippen LogP contribution is 2.41. The molecule has 8 heteroatoms. The Hall–Kier alpha value is -2.51. The van der Waals surface area contributed by atoms with Crippen LogP contribution in [0.15, 0.2) is 49.1 Å². The highest BCUT2D eigenvalue weighted by Gasteiger charge is 2.38. The molecule has 0 saturated heterocycles. The molecule has 1 aliphatic rings. The zero-order valence-electron chi connectivity index (χ0n) is 15.8. The van der Waals surface area contributed by atoms with E-state index >= 15 is 0 Å². The lowest BCUT2D eigenvalue weighted by atomic mass is 9.78. The van der Waals surface area contributed by atoms with Crippen molar-refractivity contribution < 1.29 is 35.5 Å². The Morgan fingerprint density at radius 3 is 1.83 bits per heavy atom. The summed E-state index contributed by atoms with van der Waals surface area (Å²) in [6.07, 6.45) is 0.316. The molecule has 0 radical (unpaired) electrons. The maximum absolute atomic E-state index is 14.8. The number of ether oxygens (including phenoxy) is 1. The fraction of sp³-hybridized carbons (Fsp3) is 0.364. The van der Waals surface area contributed by atoms with Crippen LogP contribution in [0.5, 0.6) is 5.75 Å². The molecule has 1 aliphatic carbocycles. The number of allylic oxidation sites excluding steroid dienone is 1. The quantitative estimate of drug-likeness (QED) is 0.352. The first kappa shape index (κ1) is 22.2. The molecule has 0 aromatic heterocycles. The number of halogens is 7. The second-order valence-corrected chi connectivity index (χ2v) is 7.36. The SMILES string of the molecule is C=CC1CCC(c2ccc(C(F)(F)c3cc(F)c(OC(F)(F)F)c(F)c3)cc2)CC1. The van der Waals surface area contributed by atoms with Crippen molar-refractivity contribution in [3.8, 4) is 5.75 Å². The van der Waals surface area contributed by atoms with Gasteiger partial charge in [0.2, 0.25) is 5.75 Å². The van der Waals surface area contributed by atoms with Crippen LogP contribution in [0.25, 0.3) is 0 Å². The van der Waals surface area contributed by atoms with Crippen LogP contribution in [0.4, 0.5) is 30.7 Å². The third-order valence-electron chi connectivity index (χ3n) is 5.43. The van der Waals surface area contributed by atoms with Crippen molar-refractivity contribution >= 4 is 0 Å². The third kappa shape index (κ3) is 4.79. The van der Waals surface area contributed by atoms with Crippen LogP contribution >= 0.6 is 0 Å². The summed E-state index contributed by atoms with van der Waals surface area (Å²) in [5.74, 6) is -8.61. The molecule has 0 spiro atoms. The molecule has 0 aliphatic heterocycles. The molecule has 0 N–H and O–H groups in total. The molecule has 2 aromatic rings. The standard InChI is InChI=1S/C22H19F7O/c1-2-13-3-5-14(6-4-13)15-7-9-16(10-8-15)21(25,26)17-11-18(23)20(19(24)12-17)30-22(27,28)29/h2,7-14H,1,3-6H2. The molecule has 30 heavy (non-hydrogen) atoms. The molecule has 2 aromatic carbocycles. The largest absolute Gasteiger partial charge is 0.573 e. The number of benzene rings is 2. The summed E-state index contributed by atoms with van der Waals surface area (Å²) in [5.41, 5.74) is -0.732. The van der Waals surface area contributed by atoms with Crippen molar-refractivity contribution in [1.29, 1.82) is 0 Å². The minimum absolute atomic E-state index is 0.147. The Labute approximate surface area is 169 Å². The zero-order valence-corrected chi connectivity index (χ0v) is 15.8. The smallest absolute Gasteiger partial charge is 0.399 e. The van der Waals surface area contributed by atoms with Gasteiger partial charge in [0.15, 0.2) is 11.6 Å². The monoisotopic (exact) mass is 432 g/mol. The molecule has 1 saturated carbocycles. The fourth-order valence-electron chi connectivity index (χ4n) is 3.77. The Kier molecular flexibility index (Phi) is 6.15. The fourth-order valence-corrected chi connectivity index (χ4v) is 3.77. The van der Waals surface area contributed by atoms with E-state index in [-0.39, 0.29) is 18.1 Å². The lowest BCUT2D eigenvalue weighted by Crippen LogP contribution is -2.20. The van der Waals surface area contributed by atoms with Gasteiger partial charge in [-0.2, -0.15) is 8.78 Å². The van der Waals surface area contributed by atoms with E-state index in [0.717, 1.165) is 31.2 Å². The number of hydrogen-bond donors (Lipinski definition) is 0. The van der Waals surface area contributed by atoms with Crippen molar-refractivity contribution in [3.05, 3.63) is 77.4 Å². The van der Waals surface area contributed by atoms with Crippen LogP contribution in [-0.2, 0) is 5.92 Å². The number of alkyl halides is 5. The summed E-state index contributed by atoms with van der Waals surface area (Å²) < 4.78 is 97.2. The van der Waals surface area contributed by atoms with E-state index in [1.165, 1.54) is 12.1 Å². The van der Waals surface area contributed by atoms with Gasteiger partial charge in [0.1, 0.15) is 0 Å². The molecule has 1 fully saturated rings. The number of rotatable bonds is 5. The average molecular weight is 432 g/mol. The lowest BCUT2D eigenvalue weighted by molar-refractivity contribution is -0.276. The average Bonchev–Trinajstić information content (AvgIpc) is 2.70. The molecule has 0 amide bonds. The maximum Gasteiger partial charge on any atom is 0.573 e. The van der Waals surface area contributed by atoms with Gasteiger partial charge in [-0.15, -0.1) is 19.8 Å². The van der Waals surface area contributed by atoms with Gasteiger partial charge >= 0.3 is 6.36 Å². The molecular weight excluding hydrogens is 413 g/mol. The molecule has 0 unspecified atom stereocenters. The topological polar surface area (TPSA) is 9.23 Å². The molecule has 0 atom stereocenters. The summed E-state index contributed by atoms with van der Waals surface area (Å²) in [7, 11) is 0. The van der Waals surface area contributed by atoms with Gasteiger partial charge in [0, 0.05) is 11.1 Å². The van der Waals surface area contributed by atoms with Gasteiger partial charge in [-0.1, -0.05) is 30.3 Å². The highest BCUT2D eigenvalue weighted by atomic mass is 19.4. The molecule has 1 nitrogen and oxygen atoms in total. The summed E-state index contributed by atoms with van der Waals surface area (Å²) in [6.45, 7) is 3.78. The highest BCUT2D eigenvalue weighted by molar-refractivity contribution is 5.40. The first-order valence-electron chi connectivity index (χ1n) is 9.37. The second kappa shape index (κ2) is 8.32. The van der Waals surface area contributed by atoms with Crippen LogP contribution < -0.4 is 4.74 Å². The summed E-state index contributed by atoms with van der Waals surface area (Å²) >= 11 is 0. The van der Waals surface area contributed by atoms with Crippen molar-refractivity contribution in [2.75, 3.05) is 0 Å². The van der Waals surface area contributed by atoms with Gasteiger partial charge in [-0.3, -0.25) is 0 Å². The molecule has 0 bridgehead atoms. The van der Waals surface area contributed by atoms with Gasteiger partial charge < -0.3 is 4.74 Å². The molecule has 0 heterocycles. The van der Waals surface area contributed by atoms with E-state index in [9.17, 15) is 30.7 Å². The van der Waals surface area contributed by atoms with E-state index in [2.05, 4.69) is 11.3 Å². The van der Waals surface area contributed by atoms with E-state index < -0.39 is 40.8 Å². The second-order valence-electron chi connectivity index (χ2n) is 7.36. The van der Waals surface area contributed by atoms with E-state index in [1.54, 1.807) is 12.1 Å². The van der Waals surface area contributed by atoms with Gasteiger partial charge in [0.05, 0.1) is 0 Å². The van der Waals surface area contributed by atoms with Crippen molar-refractivity contribution in [2.24, 2.45) is 5.92 Å². The molecule has 162 valence electrons. The normalized spacial score (nSPS) is 20.1. The predicted octanol–water partition coefficient (Wildman–Crippen LogP) is 7.46. The summed E-state index contributed by atoms with van der Waals surface area (Å²) in [4.78, 5) is 0. The van der Waals surface area contributed by atoms with E-state index in [1.807, 2.05) is 6.08 Å². The van der Waals surface area contributed by atoms with E-state index in [4.69, 9.17) is 0 Å². The Morgan fingerprint density at radius 1 is 0.833 bits per heavy atom. The lowest BCUT2D eigenvalue weighted by Gasteiger charge is -2.27.